The average Bonchev–Trinajstić information content (AvgIpc) is 3.08. The van der Waals surface area contributed by atoms with Crippen LogP contribution in [0.5, 0.6) is 0 Å². The second kappa shape index (κ2) is 9.09. The molecule has 0 bridgehead atoms. The molecule has 0 unspecified atom stereocenters. The van der Waals surface area contributed by atoms with E-state index in [2.05, 4.69) is 15.3 Å². The van der Waals surface area contributed by atoms with Gasteiger partial charge in [0.1, 0.15) is 10.9 Å². The average molecular weight is 424 g/mol. The smallest absolute Gasteiger partial charge is 0.328 e. The summed E-state index contributed by atoms with van der Waals surface area (Å²) in [5.74, 6) is -0.726. The molecule has 2 heterocycles. The first-order chi connectivity index (χ1) is 13.4. The van der Waals surface area contributed by atoms with Gasteiger partial charge in [-0.25, -0.2) is 9.78 Å². The van der Waals surface area contributed by atoms with Gasteiger partial charge in [-0.15, -0.1) is 11.3 Å². The maximum Gasteiger partial charge on any atom is 0.328 e. The summed E-state index contributed by atoms with van der Waals surface area (Å²) in [4.78, 5) is 46.1. The molecule has 152 valence electrons. The number of fused-ring (bicyclic) bond motifs is 3. The Morgan fingerprint density at radius 1 is 1.36 bits per heavy atom. The van der Waals surface area contributed by atoms with E-state index >= 15 is 0 Å². The number of thiophene rings is 1. The first-order valence-electron chi connectivity index (χ1n) is 9.49. The quantitative estimate of drug-likeness (QED) is 0.403. The predicted molar refractivity (Wildman–Crippen MR) is 111 cm³/mol. The number of esters is 1. The number of methoxy groups -OCH3 is 1. The van der Waals surface area contributed by atoms with Crippen LogP contribution in [-0.4, -0.2) is 40.7 Å². The van der Waals surface area contributed by atoms with Crippen LogP contribution in [0.15, 0.2) is 9.95 Å². The zero-order valence-corrected chi connectivity index (χ0v) is 17.9. The lowest BCUT2D eigenvalue weighted by Crippen LogP contribution is -2.46. The van der Waals surface area contributed by atoms with Crippen molar-refractivity contribution in [3.05, 3.63) is 20.8 Å². The van der Waals surface area contributed by atoms with Crippen molar-refractivity contribution in [2.24, 2.45) is 5.92 Å². The molecular formula is C19H25N3O4S2. The van der Waals surface area contributed by atoms with E-state index in [0.29, 0.717) is 10.5 Å². The summed E-state index contributed by atoms with van der Waals surface area (Å²) >= 11 is 2.74. The van der Waals surface area contributed by atoms with Crippen molar-refractivity contribution >= 4 is 45.2 Å². The van der Waals surface area contributed by atoms with Crippen LogP contribution in [-0.2, 0) is 27.2 Å². The van der Waals surface area contributed by atoms with Crippen LogP contribution < -0.4 is 10.9 Å². The zero-order valence-electron chi connectivity index (χ0n) is 16.3. The molecule has 0 aromatic carbocycles. The van der Waals surface area contributed by atoms with E-state index in [9.17, 15) is 14.4 Å². The van der Waals surface area contributed by atoms with Gasteiger partial charge in [0.15, 0.2) is 5.16 Å². The van der Waals surface area contributed by atoms with Crippen LogP contribution in [0, 0.1) is 5.92 Å². The lowest BCUT2D eigenvalue weighted by Gasteiger charge is -2.21. The highest BCUT2D eigenvalue weighted by Crippen LogP contribution is 2.34. The molecule has 1 aliphatic carbocycles. The number of hydrogen-bond acceptors (Lipinski definition) is 7. The van der Waals surface area contributed by atoms with Crippen molar-refractivity contribution in [3.63, 3.8) is 0 Å². The highest BCUT2D eigenvalue weighted by molar-refractivity contribution is 7.99. The number of aryl methyl sites for hydroxylation is 2. The zero-order chi connectivity index (χ0) is 20.3. The molecule has 2 N–H and O–H groups in total. The molecule has 0 aliphatic heterocycles. The number of aromatic nitrogens is 2. The third-order valence-corrected chi connectivity index (χ3v) is 7.19. The van der Waals surface area contributed by atoms with Gasteiger partial charge in [0.05, 0.1) is 18.2 Å². The van der Waals surface area contributed by atoms with E-state index in [4.69, 9.17) is 4.74 Å². The van der Waals surface area contributed by atoms with Crippen molar-refractivity contribution < 1.29 is 14.3 Å². The summed E-state index contributed by atoms with van der Waals surface area (Å²) in [6.45, 7) is 3.84. The number of H-pyrrole nitrogens is 1. The number of thioether (sulfide) groups is 1. The monoisotopic (exact) mass is 423 g/mol. The molecule has 28 heavy (non-hydrogen) atoms. The Labute approximate surface area is 171 Å². The second-order valence-corrected chi connectivity index (χ2v) is 9.05. The Morgan fingerprint density at radius 2 is 2.11 bits per heavy atom. The van der Waals surface area contributed by atoms with E-state index in [1.54, 1.807) is 11.3 Å². The van der Waals surface area contributed by atoms with Gasteiger partial charge < -0.3 is 15.0 Å². The van der Waals surface area contributed by atoms with E-state index in [1.165, 1.54) is 12.0 Å². The van der Waals surface area contributed by atoms with Gasteiger partial charge in [-0.1, -0.05) is 32.0 Å². The third kappa shape index (κ3) is 4.41. The fourth-order valence-electron chi connectivity index (χ4n) is 3.36. The number of aromatic amines is 1. The molecule has 2 aromatic rings. The molecule has 2 atom stereocenters. The Morgan fingerprint density at radius 3 is 2.82 bits per heavy atom. The minimum Gasteiger partial charge on any atom is -0.467 e. The number of nitrogens with zero attached hydrogens (tertiary/aromatic N) is 1. The van der Waals surface area contributed by atoms with Crippen LogP contribution in [0.1, 0.15) is 43.6 Å². The van der Waals surface area contributed by atoms with Crippen LogP contribution in [0.2, 0.25) is 0 Å². The molecule has 0 spiro atoms. The number of carbonyl (C=O) groups excluding carboxylic acids is 2. The van der Waals surface area contributed by atoms with Crippen molar-refractivity contribution in [3.8, 4) is 0 Å². The first kappa shape index (κ1) is 20.9. The van der Waals surface area contributed by atoms with E-state index in [-0.39, 0.29) is 23.1 Å². The molecule has 1 amide bonds. The summed E-state index contributed by atoms with van der Waals surface area (Å²) in [6, 6.07) is -0.679. The predicted octanol–water partition coefficient (Wildman–Crippen LogP) is 2.66. The van der Waals surface area contributed by atoms with Gasteiger partial charge in [-0.3, -0.25) is 9.59 Å². The number of rotatable bonds is 7. The summed E-state index contributed by atoms with van der Waals surface area (Å²) in [5, 5.41) is 3.85. The lowest BCUT2D eigenvalue weighted by atomic mass is 9.97. The molecule has 7 nitrogen and oxygen atoms in total. The molecule has 0 saturated heterocycles. The van der Waals surface area contributed by atoms with Gasteiger partial charge in [-0.05, 0) is 37.2 Å². The SMILES string of the molecule is CC[C@H](C)[C@@H](NC(=O)CSc1nc2sc3c(c2c(=O)[nH]1)CCCC3)C(=O)OC. The van der Waals surface area contributed by atoms with Crippen LogP contribution in [0.3, 0.4) is 0 Å². The Hall–Kier alpha value is -1.87. The second-order valence-electron chi connectivity index (χ2n) is 7.00. The molecule has 0 radical (unpaired) electrons. The number of carbonyl (C=O) groups is 2. The van der Waals surface area contributed by atoms with Gasteiger partial charge >= 0.3 is 5.97 Å². The molecular weight excluding hydrogens is 398 g/mol. The summed E-state index contributed by atoms with van der Waals surface area (Å²) < 4.78 is 4.78. The molecule has 1 aliphatic rings. The third-order valence-electron chi connectivity index (χ3n) is 5.13. The van der Waals surface area contributed by atoms with E-state index in [1.807, 2.05) is 13.8 Å². The highest BCUT2D eigenvalue weighted by Gasteiger charge is 2.27. The van der Waals surface area contributed by atoms with Gasteiger partial charge in [0.25, 0.3) is 5.56 Å². The maximum absolute atomic E-state index is 12.5. The fourth-order valence-corrected chi connectivity index (χ4v) is 5.35. The summed E-state index contributed by atoms with van der Waals surface area (Å²) in [5.41, 5.74) is 1.00. The number of nitrogens with one attached hydrogen (secondary N) is 2. The topological polar surface area (TPSA) is 101 Å². The summed E-state index contributed by atoms with van der Waals surface area (Å²) in [7, 11) is 1.31. The maximum atomic E-state index is 12.5. The minimum absolute atomic E-state index is 0.0341. The van der Waals surface area contributed by atoms with Crippen molar-refractivity contribution in [1.29, 1.82) is 0 Å². The highest BCUT2D eigenvalue weighted by atomic mass is 32.2. The molecule has 0 fully saturated rings. The molecule has 2 aromatic heterocycles. The molecule has 9 heteroatoms. The number of ether oxygens (including phenoxy) is 1. The van der Waals surface area contributed by atoms with E-state index in [0.717, 1.165) is 54.3 Å². The standard InChI is InChI=1S/C19H25N3O4S2/c1-4-10(2)15(18(25)26-3)20-13(23)9-27-19-21-16(24)14-11-7-5-6-8-12(11)28-17(14)22-19/h10,15H,4-9H2,1-3H3,(H,20,23)(H,21,22,24)/t10-,15+/m0/s1. The van der Waals surface area contributed by atoms with Crippen molar-refractivity contribution in [2.45, 2.75) is 57.1 Å². The van der Waals surface area contributed by atoms with Crippen LogP contribution in [0.25, 0.3) is 10.2 Å². The molecule has 0 saturated carbocycles. The molecule has 3 rings (SSSR count). The Bertz CT molecular complexity index is 937. The number of amides is 1. The number of hydrogen-bond donors (Lipinski definition) is 2. The van der Waals surface area contributed by atoms with Crippen LogP contribution >= 0.6 is 23.1 Å². The largest absolute Gasteiger partial charge is 0.467 e. The van der Waals surface area contributed by atoms with Crippen molar-refractivity contribution in [1.82, 2.24) is 15.3 Å². The van der Waals surface area contributed by atoms with Crippen LogP contribution in [0.4, 0.5) is 0 Å². The Balaban J connectivity index is 1.70. The van der Waals surface area contributed by atoms with Gasteiger partial charge in [0, 0.05) is 4.88 Å². The lowest BCUT2D eigenvalue weighted by molar-refractivity contribution is -0.146. The van der Waals surface area contributed by atoms with Gasteiger partial charge in [-0.2, -0.15) is 0 Å². The fraction of sp³-hybridized carbons (Fsp3) is 0.579. The van der Waals surface area contributed by atoms with E-state index < -0.39 is 12.0 Å². The minimum atomic E-state index is -0.679. The van der Waals surface area contributed by atoms with Gasteiger partial charge in [0.2, 0.25) is 5.91 Å². The summed E-state index contributed by atoms with van der Waals surface area (Å²) in [6.07, 6.45) is 4.93. The first-order valence-corrected chi connectivity index (χ1v) is 11.3. The Kier molecular flexibility index (Phi) is 6.77. The van der Waals surface area contributed by atoms with Crippen molar-refractivity contribution in [2.75, 3.05) is 12.9 Å². The normalized spacial score (nSPS) is 15.7.